The minimum Gasteiger partial charge on any atom is -0.465 e. The predicted molar refractivity (Wildman–Crippen MR) is 115 cm³/mol. The number of esters is 4. The minimum absolute atomic E-state index is 0.0228. The fourth-order valence-electron chi connectivity index (χ4n) is 2.72. The Balaban J connectivity index is 6.14. The van der Waals surface area contributed by atoms with Crippen LogP contribution in [0.15, 0.2) is 0 Å². The second kappa shape index (κ2) is 14.5. The number of hydrogen-bond acceptors (Lipinski definition) is 8. The molecule has 8 heteroatoms. The lowest BCUT2D eigenvalue weighted by Crippen LogP contribution is -2.42. The van der Waals surface area contributed by atoms with Gasteiger partial charge in [-0.05, 0) is 27.7 Å². The molecule has 0 aromatic carbocycles. The summed E-state index contributed by atoms with van der Waals surface area (Å²) < 4.78 is 20.1. The standard InChI is InChI=1S/C24H30O8/c1-7-15-23(19(25)29-9-3,20(26)30-10-4)17-13-14-18-24(16-8-2,21(27)31-11-5)22(28)32-12-6/h1-2H,9-12,15-18H2,3-6H3. The molecule has 0 spiro atoms. The molecule has 0 heterocycles. The monoisotopic (exact) mass is 446 g/mol. The Bertz CT molecular complexity index is 714. The molecule has 0 rings (SSSR count). The van der Waals surface area contributed by atoms with E-state index in [0.29, 0.717) is 0 Å². The molecule has 8 nitrogen and oxygen atoms in total. The van der Waals surface area contributed by atoms with Crippen molar-refractivity contribution in [1.29, 1.82) is 0 Å². The molecule has 0 unspecified atom stereocenters. The lowest BCUT2D eigenvalue weighted by atomic mass is 9.79. The SMILES string of the molecule is C#CCC(CC#CCC(CC#C)(C(=O)OCC)C(=O)OCC)(C(=O)OCC)C(=O)OCC. The first kappa shape index (κ1) is 28.6. The number of terminal acetylenes is 2. The Labute approximate surface area is 189 Å². The van der Waals surface area contributed by atoms with E-state index in [1.165, 1.54) is 0 Å². The predicted octanol–water partition coefficient (Wildman–Crippen LogP) is 2.04. The third-order valence-corrected chi connectivity index (χ3v) is 4.38. The van der Waals surface area contributed by atoms with E-state index in [2.05, 4.69) is 23.7 Å². The van der Waals surface area contributed by atoms with Crippen molar-refractivity contribution in [2.24, 2.45) is 10.8 Å². The quantitative estimate of drug-likeness (QED) is 0.194. The fraction of sp³-hybridized carbons (Fsp3) is 0.583. The molecule has 174 valence electrons. The van der Waals surface area contributed by atoms with E-state index in [4.69, 9.17) is 31.8 Å². The fourth-order valence-corrected chi connectivity index (χ4v) is 2.72. The van der Waals surface area contributed by atoms with Gasteiger partial charge in [-0.3, -0.25) is 19.2 Å². The average Bonchev–Trinajstić information content (AvgIpc) is 2.75. The van der Waals surface area contributed by atoms with E-state index in [1.807, 2.05) is 0 Å². The van der Waals surface area contributed by atoms with E-state index in [1.54, 1.807) is 27.7 Å². The first-order valence-corrected chi connectivity index (χ1v) is 10.3. The van der Waals surface area contributed by atoms with Crippen molar-refractivity contribution in [3.63, 3.8) is 0 Å². The molecular weight excluding hydrogens is 416 g/mol. The number of carbonyl (C=O) groups is 4. The molecular formula is C24H30O8. The number of ether oxygens (including phenoxy) is 4. The van der Waals surface area contributed by atoms with Gasteiger partial charge in [0, 0.05) is 25.7 Å². The zero-order valence-electron chi connectivity index (χ0n) is 19.1. The van der Waals surface area contributed by atoms with Gasteiger partial charge in [-0.1, -0.05) is 0 Å². The van der Waals surface area contributed by atoms with Crippen LogP contribution >= 0.6 is 0 Å². The summed E-state index contributed by atoms with van der Waals surface area (Å²) in [5.74, 6) is 6.46. The molecule has 0 amide bonds. The summed E-state index contributed by atoms with van der Waals surface area (Å²) in [6, 6.07) is 0. The van der Waals surface area contributed by atoms with Gasteiger partial charge < -0.3 is 18.9 Å². The third kappa shape index (κ3) is 7.06. The zero-order chi connectivity index (χ0) is 24.6. The van der Waals surface area contributed by atoms with Crippen LogP contribution in [-0.2, 0) is 38.1 Å². The zero-order valence-corrected chi connectivity index (χ0v) is 19.1. The van der Waals surface area contributed by atoms with Crippen LogP contribution in [0.3, 0.4) is 0 Å². The van der Waals surface area contributed by atoms with Crippen LogP contribution in [0, 0.1) is 47.4 Å². The van der Waals surface area contributed by atoms with Crippen molar-refractivity contribution in [2.45, 2.75) is 53.4 Å². The highest BCUT2D eigenvalue weighted by Gasteiger charge is 2.49. The minimum atomic E-state index is -1.84. The van der Waals surface area contributed by atoms with Crippen LogP contribution in [0.25, 0.3) is 0 Å². The highest BCUT2D eigenvalue weighted by Crippen LogP contribution is 2.32. The highest BCUT2D eigenvalue weighted by molar-refractivity contribution is 6.01. The topological polar surface area (TPSA) is 105 Å². The Morgan fingerprint density at radius 1 is 0.562 bits per heavy atom. The molecule has 0 aromatic rings. The van der Waals surface area contributed by atoms with E-state index >= 15 is 0 Å². The maximum atomic E-state index is 12.6. The molecule has 32 heavy (non-hydrogen) atoms. The second-order valence-electron chi connectivity index (χ2n) is 6.52. The molecule has 0 aliphatic heterocycles. The summed E-state index contributed by atoms with van der Waals surface area (Å²) >= 11 is 0. The van der Waals surface area contributed by atoms with Crippen molar-refractivity contribution in [3.05, 3.63) is 0 Å². The highest BCUT2D eigenvalue weighted by atomic mass is 16.6. The lowest BCUT2D eigenvalue weighted by molar-refractivity contribution is -0.173. The molecule has 0 saturated heterocycles. The van der Waals surface area contributed by atoms with Crippen molar-refractivity contribution in [1.82, 2.24) is 0 Å². The van der Waals surface area contributed by atoms with Gasteiger partial charge in [-0.2, -0.15) is 0 Å². The van der Waals surface area contributed by atoms with Crippen molar-refractivity contribution in [2.75, 3.05) is 26.4 Å². The molecule has 0 aliphatic rings. The maximum absolute atomic E-state index is 12.6. The summed E-state index contributed by atoms with van der Waals surface area (Å²) in [5.41, 5.74) is -3.67. The first-order valence-electron chi connectivity index (χ1n) is 10.3. The summed E-state index contributed by atoms with van der Waals surface area (Å²) in [7, 11) is 0. The van der Waals surface area contributed by atoms with Gasteiger partial charge >= 0.3 is 23.9 Å². The molecule has 0 atom stereocenters. The average molecular weight is 446 g/mol. The number of rotatable bonds is 12. The Hall–Kier alpha value is -3.44. The number of hydrogen-bond donors (Lipinski definition) is 0. The van der Waals surface area contributed by atoms with Crippen LogP contribution in [0.4, 0.5) is 0 Å². The first-order chi connectivity index (χ1) is 15.3. The van der Waals surface area contributed by atoms with E-state index in [9.17, 15) is 19.2 Å². The van der Waals surface area contributed by atoms with E-state index in [-0.39, 0.29) is 52.1 Å². The number of carbonyl (C=O) groups excluding carboxylic acids is 4. The van der Waals surface area contributed by atoms with Crippen molar-refractivity contribution < 1.29 is 38.1 Å². The van der Waals surface area contributed by atoms with Crippen LogP contribution in [0.5, 0.6) is 0 Å². The molecule has 0 N–H and O–H groups in total. The van der Waals surface area contributed by atoms with Crippen molar-refractivity contribution >= 4 is 23.9 Å². The van der Waals surface area contributed by atoms with E-state index in [0.717, 1.165) is 0 Å². The van der Waals surface area contributed by atoms with Gasteiger partial charge in [0.25, 0.3) is 0 Å². The Kier molecular flexibility index (Phi) is 13.0. The van der Waals surface area contributed by atoms with Gasteiger partial charge in [-0.25, -0.2) is 0 Å². The Morgan fingerprint density at radius 3 is 1.00 bits per heavy atom. The molecule has 0 fully saturated rings. The summed E-state index contributed by atoms with van der Waals surface area (Å²) in [5, 5.41) is 0. The van der Waals surface area contributed by atoms with Gasteiger partial charge in [0.05, 0.1) is 26.4 Å². The van der Waals surface area contributed by atoms with Crippen LogP contribution < -0.4 is 0 Å². The molecule has 0 saturated carbocycles. The molecule has 0 radical (unpaired) electrons. The molecule has 0 bridgehead atoms. The Morgan fingerprint density at radius 2 is 0.812 bits per heavy atom. The summed E-state index contributed by atoms with van der Waals surface area (Å²) in [6.07, 6.45) is 9.48. The van der Waals surface area contributed by atoms with Crippen LogP contribution in [0.2, 0.25) is 0 Å². The van der Waals surface area contributed by atoms with Gasteiger partial charge in [0.2, 0.25) is 0 Å². The largest absolute Gasteiger partial charge is 0.465 e. The normalized spacial score (nSPS) is 10.4. The van der Waals surface area contributed by atoms with Gasteiger partial charge in [0.15, 0.2) is 10.8 Å². The van der Waals surface area contributed by atoms with Crippen LogP contribution in [0.1, 0.15) is 53.4 Å². The van der Waals surface area contributed by atoms with Gasteiger partial charge in [0.1, 0.15) is 0 Å². The molecule has 0 aliphatic carbocycles. The van der Waals surface area contributed by atoms with Crippen molar-refractivity contribution in [3.8, 4) is 36.5 Å². The summed E-state index contributed by atoms with van der Waals surface area (Å²) in [6.45, 7) is 6.43. The third-order valence-electron chi connectivity index (χ3n) is 4.38. The van der Waals surface area contributed by atoms with Gasteiger partial charge in [-0.15, -0.1) is 36.5 Å². The van der Waals surface area contributed by atoms with Crippen LogP contribution in [-0.4, -0.2) is 50.3 Å². The second-order valence-corrected chi connectivity index (χ2v) is 6.52. The maximum Gasteiger partial charge on any atom is 0.325 e. The smallest absolute Gasteiger partial charge is 0.325 e. The summed E-state index contributed by atoms with van der Waals surface area (Å²) in [4.78, 5) is 50.4. The lowest BCUT2D eigenvalue weighted by Gasteiger charge is -2.26. The van der Waals surface area contributed by atoms with E-state index < -0.39 is 34.7 Å². The molecule has 0 aromatic heterocycles.